The average molecular weight is 340 g/mol. The number of hydrogen-bond acceptors (Lipinski definition) is 0. The van der Waals surface area contributed by atoms with E-state index < -0.39 is 23.4 Å². The molecule has 0 amide bonds. The van der Waals surface area contributed by atoms with E-state index in [1.807, 2.05) is 12.1 Å². The Bertz CT molecular complexity index is 687. The van der Waals surface area contributed by atoms with Crippen LogP contribution in [0.4, 0.5) is 22.0 Å². The summed E-state index contributed by atoms with van der Waals surface area (Å²) in [6.07, 6.45) is 0.853. The van der Waals surface area contributed by atoms with E-state index in [0.717, 1.165) is 25.0 Å². The highest BCUT2D eigenvalue weighted by Crippen LogP contribution is 2.37. The van der Waals surface area contributed by atoms with Crippen molar-refractivity contribution in [2.45, 2.75) is 44.2 Å². The van der Waals surface area contributed by atoms with Gasteiger partial charge < -0.3 is 0 Å². The Morgan fingerprint density at radius 1 is 0.750 bits per heavy atom. The van der Waals surface area contributed by atoms with Gasteiger partial charge in [-0.3, -0.25) is 0 Å². The van der Waals surface area contributed by atoms with E-state index in [9.17, 15) is 22.0 Å². The first kappa shape index (κ1) is 16.9. The first-order valence-corrected chi connectivity index (χ1v) is 8.03. The third-order valence-corrected chi connectivity index (χ3v) is 4.65. The molecule has 128 valence electrons. The average Bonchev–Trinajstić information content (AvgIpc) is 2.54. The van der Waals surface area contributed by atoms with Crippen LogP contribution >= 0.6 is 0 Å². The third-order valence-electron chi connectivity index (χ3n) is 4.65. The van der Waals surface area contributed by atoms with Gasteiger partial charge in [0.25, 0.3) is 0 Å². The summed E-state index contributed by atoms with van der Waals surface area (Å²) in [6.45, 7) is 0. The zero-order chi connectivity index (χ0) is 17.3. The van der Waals surface area contributed by atoms with E-state index in [0.29, 0.717) is 11.5 Å². The number of rotatable bonds is 2. The van der Waals surface area contributed by atoms with Crippen molar-refractivity contribution in [2.24, 2.45) is 0 Å². The SMILES string of the molecule is Fc1cc(-c2ccc(C3CCCCC3)cc2)cc(F)c1C(F)(F)F. The van der Waals surface area contributed by atoms with Crippen molar-refractivity contribution in [2.75, 3.05) is 0 Å². The lowest BCUT2D eigenvalue weighted by molar-refractivity contribution is -0.142. The molecule has 1 saturated carbocycles. The lowest BCUT2D eigenvalue weighted by Gasteiger charge is -2.22. The molecule has 0 radical (unpaired) electrons. The molecule has 2 aromatic rings. The zero-order valence-corrected chi connectivity index (χ0v) is 13.0. The van der Waals surface area contributed by atoms with E-state index in [4.69, 9.17) is 0 Å². The van der Waals surface area contributed by atoms with Gasteiger partial charge in [-0.25, -0.2) is 8.78 Å². The minimum Gasteiger partial charge on any atom is -0.206 e. The van der Waals surface area contributed by atoms with Gasteiger partial charge in [0, 0.05) is 0 Å². The molecule has 1 aliphatic rings. The van der Waals surface area contributed by atoms with E-state index in [-0.39, 0.29) is 5.56 Å². The molecule has 0 nitrogen and oxygen atoms in total. The van der Waals surface area contributed by atoms with Crippen LogP contribution in [-0.4, -0.2) is 0 Å². The Labute approximate surface area is 137 Å². The Morgan fingerprint density at radius 3 is 1.79 bits per heavy atom. The molecule has 24 heavy (non-hydrogen) atoms. The van der Waals surface area contributed by atoms with Gasteiger partial charge in [0.1, 0.15) is 17.2 Å². The standard InChI is InChI=1S/C19H17F5/c20-16-10-15(11-17(21)18(16)19(22,23)24)14-8-6-13(7-9-14)12-4-2-1-3-5-12/h6-12H,1-5H2. The van der Waals surface area contributed by atoms with Crippen LogP contribution < -0.4 is 0 Å². The predicted molar refractivity (Wildman–Crippen MR) is 82.6 cm³/mol. The summed E-state index contributed by atoms with van der Waals surface area (Å²) in [5.41, 5.74) is -0.0642. The van der Waals surface area contributed by atoms with E-state index in [1.54, 1.807) is 12.1 Å². The quantitative estimate of drug-likeness (QED) is 0.534. The minimum atomic E-state index is -5.04. The first-order chi connectivity index (χ1) is 11.4. The van der Waals surface area contributed by atoms with Crippen LogP contribution in [0.5, 0.6) is 0 Å². The van der Waals surface area contributed by atoms with Gasteiger partial charge in [-0.05, 0) is 47.6 Å². The maximum Gasteiger partial charge on any atom is 0.422 e. The molecule has 0 N–H and O–H groups in total. The van der Waals surface area contributed by atoms with Crippen molar-refractivity contribution in [3.8, 4) is 11.1 Å². The van der Waals surface area contributed by atoms with Crippen LogP contribution in [0.1, 0.15) is 49.1 Å². The first-order valence-electron chi connectivity index (χ1n) is 8.03. The molecular formula is C19H17F5. The topological polar surface area (TPSA) is 0 Å². The molecule has 3 rings (SSSR count). The van der Waals surface area contributed by atoms with Gasteiger partial charge in [0.05, 0.1) is 0 Å². The number of benzene rings is 2. The van der Waals surface area contributed by atoms with Crippen LogP contribution in [0.2, 0.25) is 0 Å². The van der Waals surface area contributed by atoms with Crippen LogP contribution in [-0.2, 0) is 6.18 Å². The van der Waals surface area contributed by atoms with Crippen LogP contribution in [0.15, 0.2) is 36.4 Å². The Balaban J connectivity index is 1.89. The van der Waals surface area contributed by atoms with Gasteiger partial charge in [-0.2, -0.15) is 13.2 Å². The zero-order valence-electron chi connectivity index (χ0n) is 13.0. The molecule has 2 aromatic carbocycles. The second kappa shape index (κ2) is 6.54. The van der Waals surface area contributed by atoms with Crippen molar-refractivity contribution >= 4 is 0 Å². The molecule has 1 fully saturated rings. The molecule has 0 heterocycles. The highest BCUT2D eigenvalue weighted by atomic mass is 19.4. The predicted octanol–water partition coefficient (Wildman–Crippen LogP) is 6.70. The summed E-state index contributed by atoms with van der Waals surface area (Å²) in [5.74, 6) is -2.68. The summed E-state index contributed by atoms with van der Waals surface area (Å²) < 4.78 is 65.3. The molecule has 0 bridgehead atoms. The van der Waals surface area contributed by atoms with Gasteiger partial charge in [-0.15, -0.1) is 0 Å². The lowest BCUT2D eigenvalue weighted by atomic mass is 9.83. The van der Waals surface area contributed by atoms with Crippen molar-refractivity contribution in [1.82, 2.24) is 0 Å². The molecule has 0 aliphatic heterocycles. The molecule has 0 atom stereocenters. The monoisotopic (exact) mass is 340 g/mol. The fourth-order valence-electron chi connectivity index (χ4n) is 3.39. The smallest absolute Gasteiger partial charge is 0.206 e. The van der Waals surface area contributed by atoms with Crippen LogP contribution in [0, 0.1) is 11.6 Å². The Morgan fingerprint density at radius 2 is 1.29 bits per heavy atom. The Kier molecular flexibility index (Phi) is 4.61. The van der Waals surface area contributed by atoms with Crippen LogP contribution in [0.25, 0.3) is 11.1 Å². The van der Waals surface area contributed by atoms with E-state index in [1.165, 1.54) is 24.8 Å². The summed E-state index contributed by atoms with van der Waals surface area (Å²) in [7, 11) is 0. The fraction of sp³-hybridized carbons (Fsp3) is 0.368. The summed E-state index contributed by atoms with van der Waals surface area (Å²) in [5, 5.41) is 0. The normalized spacial score (nSPS) is 16.4. The molecule has 0 unspecified atom stereocenters. The van der Waals surface area contributed by atoms with Gasteiger partial charge in [-0.1, -0.05) is 43.5 Å². The number of halogens is 5. The maximum atomic E-state index is 13.7. The van der Waals surface area contributed by atoms with Gasteiger partial charge in [0.15, 0.2) is 0 Å². The lowest BCUT2D eigenvalue weighted by Crippen LogP contribution is -2.11. The van der Waals surface area contributed by atoms with Crippen molar-refractivity contribution in [1.29, 1.82) is 0 Å². The largest absolute Gasteiger partial charge is 0.422 e. The molecular weight excluding hydrogens is 323 g/mol. The van der Waals surface area contributed by atoms with E-state index in [2.05, 4.69) is 0 Å². The fourth-order valence-corrected chi connectivity index (χ4v) is 3.39. The molecule has 5 heteroatoms. The third kappa shape index (κ3) is 3.45. The summed E-state index contributed by atoms with van der Waals surface area (Å²) in [4.78, 5) is 0. The van der Waals surface area contributed by atoms with Gasteiger partial charge in [0.2, 0.25) is 0 Å². The van der Waals surface area contributed by atoms with Gasteiger partial charge >= 0.3 is 6.18 Å². The molecule has 0 saturated heterocycles. The molecule has 0 aromatic heterocycles. The second-order valence-corrected chi connectivity index (χ2v) is 6.27. The van der Waals surface area contributed by atoms with Crippen molar-refractivity contribution in [3.05, 3.63) is 59.2 Å². The van der Waals surface area contributed by atoms with Crippen molar-refractivity contribution in [3.63, 3.8) is 0 Å². The van der Waals surface area contributed by atoms with E-state index >= 15 is 0 Å². The summed E-state index contributed by atoms with van der Waals surface area (Å²) in [6, 6.07) is 8.71. The highest BCUT2D eigenvalue weighted by Gasteiger charge is 2.37. The number of alkyl halides is 3. The molecule has 0 spiro atoms. The second-order valence-electron chi connectivity index (χ2n) is 6.27. The van der Waals surface area contributed by atoms with Crippen molar-refractivity contribution < 1.29 is 22.0 Å². The van der Waals surface area contributed by atoms with Crippen LogP contribution in [0.3, 0.4) is 0 Å². The Hall–Kier alpha value is -1.91. The minimum absolute atomic E-state index is 0.105. The molecule has 1 aliphatic carbocycles. The highest BCUT2D eigenvalue weighted by molar-refractivity contribution is 5.64. The number of hydrogen-bond donors (Lipinski definition) is 0. The summed E-state index contributed by atoms with van der Waals surface area (Å²) >= 11 is 0. The maximum absolute atomic E-state index is 13.7.